The largest absolute Gasteiger partial charge is 0.334 e. The van der Waals surface area contributed by atoms with Gasteiger partial charge in [-0.15, -0.1) is 0 Å². The molecule has 0 aliphatic heterocycles. The van der Waals surface area contributed by atoms with Crippen LogP contribution in [0.1, 0.15) is 90.3 Å². The van der Waals surface area contributed by atoms with E-state index in [1.165, 1.54) is 70.2 Å². The molecule has 2 heteroatoms. The van der Waals surface area contributed by atoms with Gasteiger partial charge >= 0.3 is 0 Å². The maximum atomic E-state index is 4.85. The topological polar surface area (TPSA) is 17.8 Å². The SMILES string of the molecule is CC(C)[C@@H]1CCC[C@H](c2nccn2CC2C[C@@H](C)C[C@@H](C3CC3)C2)C1. The molecule has 2 nitrogen and oxygen atoms in total. The summed E-state index contributed by atoms with van der Waals surface area (Å²) in [4.78, 5) is 4.85. The minimum atomic E-state index is 0.705. The molecular formula is C23H38N2. The summed E-state index contributed by atoms with van der Waals surface area (Å²) in [5.41, 5.74) is 0. The summed E-state index contributed by atoms with van der Waals surface area (Å²) in [5, 5.41) is 0. The van der Waals surface area contributed by atoms with Gasteiger partial charge in [0, 0.05) is 24.9 Å². The van der Waals surface area contributed by atoms with E-state index in [4.69, 9.17) is 4.98 Å². The van der Waals surface area contributed by atoms with Crippen molar-refractivity contribution in [2.75, 3.05) is 0 Å². The van der Waals surface area contributed by atoms with E-state index in [2.05, 4.69) is 37.7 Å². The summed E-state index contributed by atoms with van der Waals surface area (Å²) in [7, 11) is 0. The smallest absolute Gasteiger partial charge is 0.111 e. The fraction of sp³-hybridized carbons (Fsp3) is 0.870. The highest BCUT2D eigenvalue weighted by molar-refractivity contribution is 5.03. The van der Waals surface area contributed by atoms with Crippen molar-refractivity contribution >= 4 is 0 Å². The Bertz CT molecular complexity index is 556. The fourth-order valence-electron chi connectivity index (χ4n) is 6.09. The molecule has 5 atom stereocenters. The van der Waals surface area contributed by atoms with Crippen LogP contribution in [0.5, 0.6) is 0 Å². The third-order valence-electron chi connectivity index (χ3n) is 7.59. The predicted molar refractivity (Wildman–Crippen MR) is 104 cm³/mol. The first-order valence-corrected chi connectivity index (χ1v) is 11.1. The van der Waals surface area contributed by atoms with Crippen molar-refractivity contribution in [1.82, 2.24) is 9.55 Å². The molecule has 0 saturated heterocycles. The van der Waals surface area contributed by atoms with E-state index in [0.717, 1.165) is 35.5 Å². The minimum absolute atomic E-state index is 0.705. The van der Waals surface area contributed by atoms with Crippen LogP contribution in [-0.2, 0) is 6.54 Å². The zero-order chi connectivity index (χ0) is 17.4. The number of rotatable bonds is 5. The number of aromatic nitrogens is 2. The molecule has 3 saturated carbocycles. The summed E-state index contributed by atoms with van der Waals surface area (Å²) in [6.45, 7) is 8.53. The summed E-state index contributed by atoms with van der Waals surface area (Å²) >= 11 is 0. The van der Waals surface area contributed by atoms with Crippen molar-refractivity contribution in [2.45, 2.75) is 91.0 Å². The van der Waals surface area contributed by atoms with E-state index < -0.39 is 0 Å². The molecule has 3 aliphatic rings. The molecule has 4 rings (SSSR count). The Morgan fingerprint density at radius 1 is 1.04 bits per heavy atom. The molecule has 1 aromatic rings. The highest BCUT2D eigenvalue weighted by Gasteiger charge is 2.37. The van der Waals surface area contributed by atoms with E-state index in [0.29, 0.717) is 5.92 Å². The number of hydrogen-bond donors (Lipinski definition) is 0. The van der Waals surface area contributed by atoms with E-state index in [-0.39, 0.29) is 0 Å². The highest BCUT2D eigenvalue weighted by Crippen LogP contribution is 2.47. The van der Waals surface area contributed by atoms with Crippen LogP contribution in [0.25, 0.3) is 0 Å². The van der Waals surface area contributed by atoms with Crippen LogP contribution in [0.3, 0.4) is 0 Å². The lowest BCUT2D eigenvalue weighted by Crippen LogP contribution is -2.27. The molecule has 1 heterocycles. The standard InChI is InChI=1S/C23H38N2/c1-16(2)20-5-4-6-21(14-20)23-24-9-10-25(23)15-18-11-17(3)12-22(13-18)19-7-8-19/h9-10,16-22H,4-8,11-15H2,1-3H3/t17-,18?,20-,21+,22-/m1/s1. The summed E-state index contributed by atoms with van der Waals surface area (Å²) in [5.74, 6) is 7.76. The van der Waals surface area contributed by atoms with Crippen molar-refractivity contribution in [3.05, 3.63) is 18.2 Å². The van der Waals surface area contributed by atoms with Crippen molar-refractivity contribution < 1.29 is 0 Å². The quantitative estimate of drug-likeness (QED) is 0.616. The third kappa shape index (κ3) is 4.14. The average molecular weight is 343 g/mol. The van der Waals surface area contributed by atoms with Crippen LogP contribution in [-0.4, -0.2) is 9.55 Å². The lowest BCUT2D eigenvalue weighted by molar-refractivity contribution is 0.170. The summed E-state index contributed by atoms with van der Waals surface area (Å²) < 4.78 is 2.56. The van der Waals surface area contributed by atoms with Crippen molar-refractivity contribution in [1.29, 1.82) is 0 Å². The summed E-state index contributed by atoms with van der Waals surface area (Å²) in [6.07, 6.45) is 17.3. The Labute approximate surface area is 154 Å². The normalized spacial score (nSPS) is 36.7. The van der Waals surface area contributed by atoms with Crippen molar-refractivity contribution in [3.8, 4) is 0 Å². The van der Waals surface area contributed by atoms with Gasteiger partial charge in [0.15, 0.2) is 0 Å². The monoisotopic (exact) mass is 342 g/mol. The zero-order valence-corrected chi connectivity index (χ0v) is 16.7. The van der Waals surface area contributed by atoms with Crippen LogP contribution in [0.4, 0.5) is 0 Å². The molecule has 3 fully saturated rings. The molecule has 1 unspecified atom stereocenters. The molecule has 140 valence electrons. The van der Waals surface area contributed by atoms with Gasteiger partial charge in [-0.2, -0.15) is 0 Å². The maximum Gasteiger partial charge on any atom is 0.111 e. The van der Waals surface area contributed by atoms with Gasteiger partial charge in [0.1, 0.15) is 5.82 Å². The molecule has 0 N–H and O–H groups in total. The Kier molecular flexibility index (Phi) is 5.25. The zero-order valence-electron chi connectivity index (χ0n) is 16.7. The van der Waals surface area contributed by atoms with Crippen molar-refractivity contribution in [3.63, 3.8) is 0 Å². The second-order valence-corrected chi connectivity index (χ2v) is 10.1. The van der Waals surface area contributed by atoms with Gasteiger partial charge in [0.2, 0.25) is 0 Å². The first-order chi connectivity index (χ1) is 12.1. The third-order valence-corrected chi connectivity index (χ3v) is 7.59. The summed E-state index contributed by atoms with van der Waals surface area (Å²) in [6, 6.07) is 0. The van der Waals surface area contributed by atoms with E-state index in [1.807, 2.05) is 0 Å². The molecule has 0 aromatic carbocycles. The van der Waals surface area contributed by atoms with Crippen LogP contribution in [0.2, 0.25) is 0 Å². The van der Waals surface area contributed by atoms with Gasteiger partial charge in [0.25, 0.3) is 0 Å². The molecule has 3 aliphatic carbocycles. The molecule has 1 aromatic heterocycles. The predicted octanol–water partition coefficient (Wildman–Crippen LogP) is 6.28. The van der Waals surface area contributed by atoms with Crippen LogP contribution >= 0.6 is 0 Å². The van der Waals surface area contributed by atoms with Crippen molar-refractivity contribution in [2.24, 2.45) is 35.5 Å². The molecule has 0 bridgehead atoms. The molecule has 0 amide bonds. The maximum absolute atomic E-state index is 4.85. The van der Waals surface area contributed by atoms with Gasteiger partial charge in [-0.25, -0.2) is 4.98 Å². The van der Waals surface area contributed by atoms with Gasteiger partial charge in [-0.05, 0) is 80.5 Å². The first-order valence-electron chi connectivity index (χ1n) is 11.1. The Hall–Kier alpha value is -0.790. The Morgan fingerprint density at radius 3 is 2.64 bits per heavy atom. The Balaban J connectivity index is 1.42. The van der Waals surface area contributed by atoms with E-state index in [9.17, 15) is 0 Å². The van der Waals surface area contributed by atoms with Crippen LogP contribution < -0.4 is 0 Å². The lowest BCUT2D eigenvalue weighted by Gasteiger charge is -2.35. The van der Waals surface area contributed by atoms with Crippen LogP contribution in [0.15, 0.2) is 12.4 Å². The van der Waals surface area contributed by atoms with Gasteiger partial charge in [-0.1, -0.05) is 33.6 Å². The fourth-order valence-corrected chi connectivity index (χ4v) is 6.09. The van der Waals surface area contributed by atoms with Gasteiger partial charge in [0.05, 0.1) is 0 Å². The molecular weight excluding hydrogens is 304 g/mol. The lowest BCUT2D eigenvalue weighted by atomic mass is 9.73. The molecule has 25 heavy (non-hydrogen) atoms. The second kappa shape index (κ2) is 7.45. The first kappa shape index (κ1) is 17.6. The number of nitrogens with zero attached hydrogens (tertiary/aromatic N) is 2. The van der Waals surface area contributed by atoms with E-state index >= 15 is 0 Å². The van der Waals surface area contributed by atoms with Crippen LogP contribution in [0, 0.1) is 35.5 Å². The minimum Gasteiger partial charge on any atom is -0.334 e. The number of hydrogen-bond acceptors (Lipinski definition) is 1. The average Bonchev–Trinajstić information content (AvgIpc) is 3.34. The Morgan fingerprint density at radius 2 is 1.88 bits per heavy atom. The highest BCUT2D eigenvalue weighted by atomic mass is 15.1. The number of imidazole rings is 1. The van der Waals surface area contributed by atoms with Gasteiger partial charge in [-0.3, -0.25) is 0 Å². The van der Waals surface area contributed by atoms with E-state index in [1.54, 1.807) is 0 Å². The molecule has 0 radical (unpaired) electrons. The second-order valence-electron chi connectivity index (χ2n) is 10.1. The van der Waals surface area contributed by atoms with Gasteiger partial charge < -0.3 is 4.57 Å². The molecule has 0 spiro atoms.